The number of ketones is 1. The minimum Gasteiger partial charge on any atom is -0.294 e. The molecule has 1 aliphatic rings. The lowest BCUT2D eigenvalue weighted by Gasteiger charge is -2.04. The van der Waals surface area contributed by atoms with E-state index in [2.05, 4.69) is 29.7 Å². The molecule has 0 aliphatic heterocycles. The van der Waals surface area contributed by atoms with Gasteiger partial charge in [0, 0.05) is 11.1 Å². The molecule has 19 heavy (non-hydrogen) atoms. The van der Waals surface area contributed by atoms with E-state index in [0.29, 0.717) is 12.2 Å². The summed E-state index contributed by atoms with van der Waals surface area (Å²) in [6.07, 6.45) is 8.45. The molecule has 0 saturated carbocycles. The van der Waals surface area contributed by atoms with Crippen LogP contribution in [0.25, 0.3) is 10.1 Å². The standard InChI is InChI=1S/C17H18OS/c18-16(13-7-3-1-2-4-8-13)11-14-12-19-17-10-6-5-9-15(14)17/h5-7,9-10,12H,1-4,8,11H2. The van der Waals surface area contributed by atoms with Crippen molar-refractivity contribution in [2.24, 2.45) is 0 Å². The number of hydrogen-bond donors (Lipinski definition) is 0. The summed E-state index contributed by atoms with van der Waals surface area (Å²) in [4.78, 5) is 12.4. The second-order valence-corrected chi connectivity index (χ2v) is 6.10. The van der Waals surface area contributed by atoms with Crippen molar-refractivity contribution in [1.29, 1.82) is 0 Å². The maximum Gasteiger partial charge on any atom is 0.162 e. The number of thiophene rings is 1. The fourth-order valence-corrected chi connectivity index (χ4v) is 3.69. The zero-order chi connectivity index (χ0) is 13.1. The molecule has 1 nitrogen and oxygen atoms in total. The number of carbonyl (C=O) groups is 1. The number of benzene rings is 1. The largest absolute Gasteiger partial charge is 0.294 e. The maximum atomic E-state index is 12.4. The molecule has 0 bridgehead atoms. The Bertz CT molecular complexity index is 621. The van der Waals surface area contributed by atoms with Gasteiger partial charge in [-0.15, -0.1) is 11.3 Å². The summed E-state index contributed by atoms with van der Waals surface area (Å²) < 4.78 is 1.28. The van der Waals surface area contributed by atoms with Gasteiger partial charge in [0.05, 0.1) is 0 Å². The molecule has 0 N–H and O–H groups in total. The summed E-state index contributed by atoms with van der Waals surface area (Å²) in [7, 11) is 0. The van der Waals surface area contributed by atoms with Crippen LogP contribution in [0.3, 0.4) is 0 Å². The number of fused-ring (bicyclic) bond motifs is 1. The number of rotatable bonds is 3. The van der Waals surface area contributed by atoms with Crippen molar-refractivity contribution in [3.05, 3.63) is 46.9 Å². The summed E-state index contributed by atoms with van der Waals surface area (Å²) in [5.41, 5.74) is 2.25. The Morgan fingerprint density at radius 2 is 2.05 bits per heavy atom. The Balaban J connectivity index is 1.80. The summed E-state index contributed by atoms with van der Waals surface area (Å²) in [5, 5.41) is 3.38. The number of allylic oxidation sites excluding steroid dienone is 2. The first-order valence-corrected chi connectivity index (χ1v) is 7.90. The molecule has 1 aliphatic carbocycles. The highest BCUT2D eigenvalue weighted by Crippen LogP contribution is 2.27. The summed E-state index contributed by atoms with van der Waals surface area (Å²) in [6.45, 7) is 0. The highest BCUT2D eigenvalue weighted by atomic mass is 32.1. The molecule has 0 fully saturated rings. The number of hydrogen-bond acceptors (Lipinski definition) is 2. The average molecular weight is 270 g/mol. The van der Waals surface area contributed by atoms with Crippen molar-refractivity contribution < 1.29 is 4.79 Å². The van der Waals surface area contributed by atoms with Crippen LogP contribution in [0, 0.1) is 0 Å². The first-order chi connectivity index (χ1) is 9.34. The van der Waals surface area contributed by atoms with Crippen LogP contribution in [-0.4, -0.2) is 5.78 Å². The molecule has 1 aromatic carbocycles. The van der Waals surface area contributed by atoms with Crippen molar-refractivity contribution in [2.75, 3.05) is 0 Å². The Kier molecular flexibility index (Phi) is 3.79. The molecule has 0 radical (unpaired) electrons. The van der Waals surface area contributed by atoms with Gasteiger partial charge in [-0.1, -0.05) is 30.7 Å². The van der Waals surface area contributed by atoms with E-state index in [4.69, 9.17) is 0 Å². The van der Waals surface area contributed by atoms with Gasteiger partial charge < -0.3 is 0 Å². The molecule has 0 unspecified atom stereocenters. The zero-order valence-electron chi connectivity index (χ0n) is 11.0. The minimum atomic E-state index is 0.324. The van der Waals surface area contributed by atoms with Gasteiger partial charge in [-0.25, -0.2) is 0 Å². The van der Waals surface area contributed by atoms with Gasteiger partial charge in [0.15, 0.2) is 5.78 Å². The quantitative estimate of drug-likeness (QED) is 0.775. The van der Waals surface area contributed by atoms with Gasteiger partial charge in [-0.2, -0.15) is 0 Å². The van der Waals surface area contributed by atoms with E-state index in [1.54, 1.807) is 11.3 Å². The zero-order valence-corrected chi connectivity index (χ0v) is 11.8. The number of Topliss-reactive ketones (excluding diaryl/α,β-unsaturated/α-hetero) is 1. The van der Waals surface area contributed by atoms with Gasteiger partial charge in [0.1, 0.15) is 0 Å². The van der Waals surface area contributed by atoms with Crippen LogP contribution in [0.15, 0.2) is 41.3 Å². The fraction of sp³-hybridized carbons (Fsp3) is 0.353. The molecule has 1 aromatic heterocycles. The predicted octanol–water partition coefficient (Wildman–Crippen LogP) is 4.90. The maximum absolute atomic E-state index is 12.4. The highest BCUT2D eigenvalue weighted by molar-refractivity contribution is 7.17. The van der Waals surface area contributed by atoms with Crippen LogP contribution in [-0.2, 0) is 11.2 Å². The normalized spacial score (nSPS) is 16.1. The second kappa shape index (κ2) is 5.70. The van der Waals surface area contributed by atoms with Gasteiger partial charge in [0.25, 0.3) is 0 Å². The molecule has 0 atom stereocenters. The highest BCUT2D eigenvalue weighted by Gasteiger charge is 2.14. The predicted molar refractivity (Wildman–Crippen MR) is 81.7 cm³/mol. The van der Waals surface area contributed by atoms with Crippen molar-refractivity contribution in [3.8, 4) is 0 Å². The van der Waals surface area contributed by atoms with Crippen LogP contribution >= 0.6 is 11.3 Å². The molecule has 0 saturated heterocycles. The van der Waals surface area contributed by atoms with Gasteiger partial charge in [-0.05, 0) is 53.7 Å². The Morgan fingerprint density at radius 3 is 3.00 bits per heavy atom. The van der Waals surface area contributed by atoms with Crippen LogP contribution in [0.5, 0.6) is 0 Å². The van der Waals surface area contributed by atoms with Gasteiger partial charge in [0.2, 0.25) is 0 Å². The SMILES string of the molecule is O=C(Cc1csc2ccccc12)C1=CCCCCC1. The van der Waals surface area contributed by atoms with E-state index in [9.17, 15) is 4.79 Å². The molecule has 1 heterocycles. The molecular formula is C17H18OS. The molecule has 3 rings (SSSR count). The van der Waals surface area contributed by atoms with E-state index in [1.807, 2.05) is 6.07 Å². The summed E-state index contributed by atoms with van der Waals surface area (Å²) in [6, 6.07) is 8.35. The van der Waals surface area contributed by atoms with E-state index in [1.165, 1.54) is 34.9 Å². The van der Waals surface area contributed by atoms with Crippen LogP contribution in [0.1, 0.15) is 37.7 Å². The Labute approximate surface area is 118 Å². The number of carbonyl (C=O) groups excluding carboxylic acids is 1. The third-order valence-corrected chi connectivity index (χ3v) is 4.82. The molecular weight excluding hydrogens is 252 g/mol. The topological polar surface area (TPSA) is 17.1 Å². The lowest BCUT2D eigenvalue weighted by atomic mass is 9.99. The van der Waals surface area contributed by atoms with Crippen molar-refractivity contribution in [1.82, 2.24) is 0 Å². The molecule has 2 aromatic rings. The van der Waals surface area contributed by atoms with Crippen LogP contribution in [0.4, 0.5) is 0 Å². The molecule has 0 amide bonds. The lowest BCUT2D eigenvalue weighted by molar-refractivity contribution is -0.115. The van der Waals surface area contributed by atoms with E-state index in [-0.39, 0.29) is 0 Å². The average Bonchev–Trinajstić information content (AvgIpc) is 2.66. The monoisotopic (exact) mass is 270 g/mol. The Hall–Kier alpha value is -1.41. The van der Waals surface area contributed by atoms with E-state index < -0.39 is 0 Å². The molecule has 98 valence electrons. The van der Waals surface area contributed by atoms with E-state index >= 15 is 0 Å². The smallest absolute Gasteiger partial charge is 0.162 e. The van der Waals surface area contributed by atoms with Crippen molar-refractivity contribution in [2.45, 2.75) is 38.5 Å². The van der Waals surface area contributed by atoms with Crippen LogP contribution < -0.4 is 0 Å². The Morgan fingerprint density at radius 1 is 1.16 bits per heavy atom. The van der Waals surface area contributed by atoms with Crippen molar-refractivity contribution >= 4 is 27.2 Å². The van der Waals surface area contributed by atoms with Crippen molar-refractivity contribution in [3.63, 3.8) is 0 Å². The molecule has 2 heteroatoms. The van der Waals surface area contributed by atoms with Crippen LogP contribution in [0.2, 0.25) is 0 Å². The summed E-state index contributed by atoms with van der Waals surface area (Å²) >= 11 is 1.74. The van der Waals surface area contributed by atoms with Gasteiger partial charge >= 0.3 is 0 Å². The minimum absolute atomic E-state index is 0.324. The molecule has 0 spiro atoms. The van der Waals surface area contributed by atoms with E-state index in [0.717, 1.165) is 18.4 Å². The van der Waals surface area contributed by atoms with Gasteiger partial charge in [-0.3, -0.25) is 4.79 Å². The first kappa shape index (κ1) is 12.6. The first-order valence-electron chi connectivity index (χ1n) is 7.02. The summed E-state index contributed by atoms with van der Waals surface area (Å²) in [5.74, 6) is 0.324. The lowest BCUT2D eigenvalue weighted by Crippen LogP contribution is -2.06. The third kappa shape index (κ3) is 2.79. The fourth-order valence-electron chi connectivity index (χ4n) is 2.72. The second-order valence-electron chi connectivity index (χ2n) is 5.19. The third-order valence-electron chi connectivity index (χ3n) is 3.81.